The number of nitrogens with zero attached hydrogens (tertiary/aromatic N) is 4. The lowest BCUT2D eigenvalue weighted by Gasteiger charge is -2.39. The summed E-state index contributed by atoms with van der Waals surface area (Å²) in [7, 11) is 2.11. The van der Waals surface area contributed by atoms with Gasteiger partial charge >= 0.3 is 5.97 Å². The Kier molecular flexibility index (Phi) is 8.72. The maximum atomic E-state index is 11.0. The summed E-state index contributed by atoms with van der Waals surface area (Å²) < 4.78 is 5.91. The second kappa shape index (κ2) is 12.0. The maximum Gasteiger partial charge on any atom is 0.307 e. The molecule has 1 N–H and O–H groups in total. The highest BCUT2D eigenvalue weighted by Gasteiger charge is 2.25. The zero-order valence-electron chi connectivity index (χ0n) is 21.0. The molecule has 0 spiro atoms. The molecule has 36 heavy (non-hydrogen) atoms. The van der Waals surface area contributed by atoms with Crippen LogP contribution in [-0.4, -0.2) is 73.4 Å². The van der Waals surface area contributed by atoms with Crippen LogP contribution in [-0.2, 0) is 11.2 Å². The summed E-state index contributed by atoms with van der Waals surface area (Å²) in [5, 5.41) is 10.6. The molecular weight excluding hydrogens is 496 g/mol. The Balaban J connectivity index is 1.31. The highest BCUT2D eigenvalue weighted by molar-refractivity contribution is 7.18. The van der Waals surface area contributed by atoms with Crippen molar-refractivity contribution in [1.82, 2.24) is 9.88 Å². The molecule has 0 unspecified atom stereocenters. The minimum absolute atomic E-state index is 0.0494. The van der Waals surface area contributed by atoms with Crippen LogP contribution in [0.3, 0.4) is 0 Å². The van der Waals surface area contributed by atoms with Gasteiger partial charge in [-0.05, 0) is 49.2 Å². The topological polar surface area (TPSA) is 69.1 Å². The number of rotatable bonds is 10. The predicted molar refractivity (Wildman–Crippen MR) is 148 cm³/mol. The van der Waals surface area contributed by atoms with E-state index < -0.39 is 5.97 Å². The molecule has 4 rings (SSSR count). The largest absolute Gasteiger partial charge is 0.491 e. The number of piperazine rings is 1. The van der Waals surface area contributed by atoms with Crippen molar-refractivity contribution in [3.63, 3.8) is 0 Å². The highest BCUT2D eigenvalue weighted by Crippen LogP contribution is 2.34. The van der Waals surface area contributed by atoms with Crippen LogP contribution in [0.25, 0.3) is 10.4 Å². The van der Waals surface area contributed by atoms with E-state index in [1.807, 2.05) is 6.20 Å². The zero-order chi connectivity index (χ0) is 25.7. The number of carboxylic acids is 1. The molecule has 1 atom stereocenters. The van der Waals surface area contributed by atoms with E-state index in [9.17, 15) is 4.79 Å². The second-order valence-electron chi connectivity index (χ2n) is 9.09. The predicted octanol–water partition coefficient (Wildman–Crippen LogP) is 5.14. The Morgan fingerprint density at radius 3 is 2.86 bits per heavy atom. The Bertz CT molecular complexity index is 1190. The molecule has 0 radical (unpaired) electrons. The maximum absolute atomic E-state index is 11.0. The SMILES string of the molecule is CCN(C)c1cccc(-c2cnc(N3CCN(CCOc4cc(CC(=O)O)ccc4Cl)[C@@H](C)C3)s2)c1. The summed E-state index contributed by atoms with van der Waals surface area (Å²) in [6.07, 6.45) is 1.93. The van der Waals surface area contributed by atoms with Gasteiger partial charge in [0.05, 0.1) is 16.3 Å². The number of aromatic nitrogens is 1. The fourth-order valence-electron chi connectivity index (χ4n) is 4.34. The first-order chi connectivity index (χ1) is 17.3. The number of hydrogen-bond acceptors (Lipinski definition) is 7. The highest BCUT2D eigenvalue weighted by atomic mass is 35.5. The second-order valence-corrected chi connectivity index (χ2v) is 10.5. The van der Waals surface area contributed by atoms with Crippen molar-refractivity contribution in [2.45, 2.75) is 26.3 Å². The lowest BCUT2D eigenvalue weighted by molar-refractivity contribution is -0.136. The fraction of sp³-hybridized carbons (Fsp3) is 0.407. The van der Waals surface area contributed by atoms with Gasteiger partial charge < -0.3 is 19.6 Å². The minimum Gasteiger partial charge on any atom is -0.491 e. The average molecular weight is 529 g/mol. The lowest BCUT2D eigenvalue weighted by Crippen LogP contribution is -2.52. The molecule has 9 heteroatoms. The van der Waals surface area contributed by atoms with Gasteiger partial charge in [-0.25, -0.2) is 4.98 Å². The number of hydrogen-bond donors (Lipinski definition) is 1. The van der Waals surface area contributed by atoms with Crippen LogP contribution < -0.4 is 14.5 Å². The molecule has 7 nitrogen and oxygen atoms in total. The average Bonchev–Trinajstić information content (AvgIpc) is 3.36. The summed E-state index contributed by atoms with van der Waals surface area (Å²) >= 11 is 7.99. The van der Waals surface area contributed by atoms with Crippen LogP contribution in [0.4, 0.5) is 10.8 Å². The smallest absolute Gasteiger partial charge is 0.307 e. The van der Waals surface area contributed by atoms with Crippen molar-refractivity contribution in [1.29, 1.82) is 0 Å². The Morgan fingerprint density at radius 1 is 1.28 bits per heavy atom. The molecule has 0 aliphatic carbocycles. The third kappa shape index (κ3) is 6.49. The molecule has 1 aliphatic heterocycles. The molecule has 0 amide bonds. The van der Waals surface area contributed by atoms with E-state index in [4.69, 9.17) is 26.4 Å². The van der Waals surface area contributed by atoms with Crippen LogP contribution in [0.2, 0.25) is 5.02 Å². The van der Waals surface area contributed by atoms with Gasteiger partial charge in [-0.3, -0.25) is 9.69 Å². The number of anilines is 2. The van der Waals surface area contributed by atoms with E-state index >= 15 is 0 Å². The molecule has 192 valence electrons. The summed E-state index contributed by atoms with van der Waals surface area (Å²) in [5.74, 6) is -0.342. The normalized spacial score (nSPS) is 16.2. The first-order valence-electron chi connectivity index (χ1n) is 12.2. The molecule has 1 fully saturated rings. The molecular formula is C27H33ClN4O3S. The van der Waals surface area contributed by atoms with E-state index in [-0.39, 0.29) is 6.42 Å². The molecule has 2 heterocycles. The fourth-order valence-corrected chi connectivity index (χ4v) is 5.46. The van der Waals surface area contributed by atoms with Crippen LogP contribution in [0, 0.1) is 0 Å². The van der Waals surface area contributed by atoms with Crippen molar-refractivity contribution in [3.05, 3.63) is 59.2 Å². The Morgan fingerprint density at radius 2 is 2.11 bits per heavy atom. The number of carbonyl (C=O) groups is 1. The van der Waals surface area contributed by atoms with Gasteiger partial charge in [-0.1, -0.05) is 41.1 Å². The van der Waals surface area contributed by atoms with Gasteiger partial charge in [0, 0.05) is 57.7 Å². The summed E-state index contributed by atoms with van der Waals surface area (Å²) in [4.78, 5) is 23.9. The van der Waals surface area contributed by atoms with E-state index in [1.54, 1.807) is 29.5 Å². The van der Waals surface area contributed by atoms with E-state index in [0.29, 0.717) is 29.0 Å². The van der Waals surface area contributed by atoms with Gasteiger partial charge in [0.25, 0.3) is 0 Å². The summed E-state index contributed by atoms with van der Waals surface area (Å²) in [6.45, 7) is 9.34. The van der Waals surface area contributed by atoms with Crippen LogP contribution in [0.15, 0.2) is 48.7 Å². The molecule has 2 aromatic carbocycles. The quantitative estimate of drug-likeness (QED) is 0.391. The molecule has 1 aliphatic rings. The number of thiazole rings is 1. The van der Waals surface area contributed by atoms with Crippen LogP contribution >= 0.6 is 22.9 Å². The molecule has 1 saturated heterocycles. The van der Waals surface area contributed by atoms with E-state index in [2.05, 4.69) is 59.9 Å². The van der Waals surface area contributed by atoms with Gasteiger partial charge in [0.1, 0.15) is 12.4 Å². The summed E-state index contributed by atoms with van der Waals surface area (Å²) in [5.41, 5.74) is 3.09. The third-order valence-electron chi connectivity index (χ3n) is 6.56. The molecule has 0 bridgehead atoms. The number of benzene rings is 2. The minimum atomic E-state index is -0.875. The Hall–Kier alpha value is -2.81. The van der Waals surface area contributed by atoms with Gasteiger partial charge in [0.2, 0.25) is 0 Å². The van der Waals surface area contributed by atoms with Gasteiger partial charge in [-0.2, -0.15) is 0 Å². The third-order valence-corrected chi connectivity index (χ3v) is 7.98. The van der Waals surface area contributed by atoms with Gasteiger partial charge in [-0.15, -0.1) is 0 Å². The van der Waals surface area contributed by atoms with Crippen LogP contribution in [0.1, 0.15) is 19.4 Å². The molecule has 3 aromatic rings. The molecule has 0 saturated carbocycles. The Labute approximate surface area is 221 Å². The van der Waals surface area contributed by atoms with Crippen molar-refractivity contribution in [2.75, 3.05) is 56.2 Å². The monoisotopic (exact) mass is 528 g/mol. The standard InChI is InChI=1S/C27H33ClN4O3S/c1-4-30(3)22-7-5-6-21(16-22)25-17-29-27(36-25)32-11-10-31(19(2)18-32)12-13-35-24-14-20(15-26(33)34)8-9-23(24)28/h5-9,14,16-17,19H,4,10-13,15,18H2,1-3H3,(H,33,34)/t19-/m0/s1. The zero-order valence-corrected chi connectivity index (χ0v) is 22.6. The number of carboxylic acid groups (broad SMARTS) is 1. The van der Waals surface area contributed by atoms with Crippen LogP contribution in [0.5, 0.6) is 5.75 Å². The van der Waals surface area contributed by atoms with Gasteiger partial charge in [0.15, 0.2) is 5.13 Å². The molecule has 1 aromatic heterocycles. The lowest BCUT2D eigenvalue weighted by atomic mass is 10.1. The number of ether oxygens (including phenoxy) is 1. The summed E-state index contributed by atoms with van der Waals surface area (Å²) in [6, 6.07) is 14.1. The van der Waals surface area contributed by atoms with E-state index in [0.717, 1.165) is 37.9 Å². The van der Waals surface area contributed by atoms with Crippen molar-refractivity contribution >= 4 is 39.7 Å². The number of halogens is 1. The number of aliphatic carboxylic acids is 1. The van der Waals surface area contributed by atoms with Crippen molar-refractivity contribution < 1.29 is 14.6 Å². The first kappa shape index (κ1) is 26.3. The van der Waals surface area contributed by atoms with E-state index in [1.165, 1.54) is 16.1 Å². The van der Waals surface area contributed by atoms with Crippen molar-refractivity contribution in [2.24, 2.45) is 0 Å². The van der Waals surface area contributed by atoms with Crippen molar-refractivity contribution in [3.8, 4) is 16.2 Å². The first-order valence-corrected chi connectivity index (χ1v) is 13.4.